The number of nitrogens with zero attached hydrogens (tertiary/aromatic N) is 4. The predicted molar refractivity (Wildman–Crippen MR) is 124 cm³/mol. The van der Waals surface area contributed by atoms with Crippen molar-refractivity contribution in [3.63, 3.8) is 0 Å². The molecule has 0 radical (unpaired) electrons. The molecule has 1 aromatic heterocycles. The van der Waals surface area contributed by atoms with E-state index >= 15 is 0 Å². The van der Waals surface area contributed by atoms with Crippen molar-refractivity contribution in [3.05, 3.63) is 29.8 Å². The van der Waals surface area contributed by atoms with Crippen molar-refractivity contribution in [3.8, 4) is 0 Å². The first kappa shape index (κ1) is 23.1. The molecule has 0 spiro atoms. The molecule has 1 aliphatic heterocycles. The molecule has 32 heavy (non-hydrogen) atoms. The Kier molecular flexibility index (Phi) is 7.06. The van der Waals surface area contributed by atoms with Gasteiger partial charge >= 0.3 is 0 Å². The van der Waals surface area contributed by atoms with Crippen LogP contribution in [0.4, 0.5) is 5.95 Å². The van der Waals surface area contributed by atoms with E-state index in [9.17, 15) is 13.2 Å². The number of sulfonamides is 1. The summed E-state index contributed by atoms with van der Waals surface area (Å²) in [5.74, 6) is 1.93. The van der Waals surface area contributed by atoms with Crippen molar-refractivity contribution in [2.45, 2.75) is 55.1 Å². The fourth-order valence-electron chi connectivity index (χ4n) is 3.82. The molecule has 1 aromatic carbocycles. The molecule has 3 N–H and O–H groups in total. The number of nitrogens with two attached hydrogens (primary N) is 1. The highest BCUT2D eigenvalue weighted by atomic mass is 32.2. The van der Waals surface area contributed by atoms with E-state index in [-0.39, 0.29) is 16.6 Å². The van der Waals surface area contributed by atoms with E-state index in [2.05, 4.69) is 31.9 Å². The summed E-state index contributed by atoms with van der Waals surface area (Å²) in [4.78, 5) is 14.8. The van der Waals surface area contributed by atoms with Gasteiger partial charge in [0.05, 0.1) is 10.6 Å². The fraction of sp³-hybridized carbons (Fsp3) is 0.571. The van der Waals surface area contributed by atoms with E-state index in [4.69, 9.17) is 5.14 Å². The summed E-state index contributed by atoms with van der Waals surface area (Å²) in [6.45, 7) is 4.79. The number of rotatable bonds is 9. The minimum Gasteiger partial charge on any atom is -0.355 e. The van der Waals surface area contributed by atoms with Crippen molar-refractivity contribution in [1.29, 1.82) is 0 Å². The summed E-state index contributed by atoms with van der Waals surface area (Å²) >= 11 is 1.43. The van der Waals surface area contributed by atoms with Crippen LogP contribution in [-0.2, 0) is 21.2 Å². The van der Waals surface area contributed by atoms with Crippen LogP contribution in [0.5, 0.6) is 0 Å². The van der Waals surface area contributed by atoms with Crippen molar-refractivity contribution >= 4 is 33.6 Å². The SMILES string of the molecule is CC1CCN(c2nnc(SCC(=O)NCCc3ccc(S(N)(=O)=O)cc3)n2C2CC2)CC1. The van der Waals surface area contributed by atoms with Crippen molar-refractivity contribution in [2.75, 3.05) is 30.3 Å². The number of amides is 1. The summed E-state index contributed by atoms with van der Waals surface area (Å²) in [6.07, 6.45) is 5.23. The van der Waals surface area contributed by atoms with E-state index in [1.54, 1.807) is 12.1 Å². The topological polar surface area (TPSA) is 123 Å². The number of hydrogen-bond acceptors (Lipinski definition) is 7. The van der Waals surface area contributed by atoms with Crippen molar-refractivity contribution in [1.82, 2.24) is 20.1 Å². The maximum atomic E-state index is 12.3. The Morgan fingerprint density at radius 3 is 2.47 bits per heavy atom. The highest BCUT2D eigenvalue weighted by Crippen LogP contribution is 2.41. The minimum atomic E-state index is -3.69. The molecular weight excluding hydrogens is 448 g/mol. The van der Waals surface area contributed by atoms with Gasteiger partial charge in [0, 0.05) is 25.7 Å². The van der Waals surface area contributed by atoms with Gasteiger partial charge in [-0.1, -0.05) is 30.8 Å². The Balaban J connectivity index is 1.27. The molecule has 2 heterocycles. The standard InChI is InChI=1S/C21H30N6O3S2/c1-15-9-12-26(13-10-15)20-24-25-21(27(20)17-4-5-17)31-14-19(28)23-11-8-16-2-6-18(7-3-16)32(22,29)30/h2-3,6-7,15,17H,4-5,8-14H2,1H3,(H,23,28)(H2,22,29,30). The Labute approximate surface area is 193 Å². The predicted octanol–water partition coefficient (Wildman–Crippen LogP) is 1.95. The summed E-state index contributed by atoms with van der Waals surface area (Å²) in [5.41, 5.74) is 0.930. The van der Waals surface area contributed by atoms with Crippen molar-refractivity contribution in [2.24, 2.45) is 11.1 Å². The molecule has 9 nitrogen and oxygen atoms in total. The van der Waals surface area contributed by atoms with Gasteiger partial charge in [-0.2, -0.15) is 0 Å². The molecule has 2 fully saturated rings. The van der Waals surface area contributed by atoms with Crippen LogP contribution < -0.4 is 15.4 Å². The number of piperidine rings is 1. The Morgan fingerprint density at radius 2 is 1.84 bits per heavy atom. The highest BCUT2D eigenvalue weighted by Gasteiger charge is 2.32. The highest BCUT2D eigenvalue weighted by molar-refractivity contribution is 7.99. The van der Waals surface area contributed by atoms with Crippen LogP contribution in [-0.4, -0.2) is 54.5 Å². The Hall–Kier alpha value is -2.11. The lowest BCUT2D eigenvalue weighted by atomic mass is 10.00. The molecule has 1 amide bonds. The van der Waals surface area contributed by atoms with Gasteiger partial charge in [-0.15, -0.1) is 10.2 Å². The van der Waals surface area contributed by atoms with Gasteiger partial charge in [0.2, 0.25) is 21.9 Å². The maximum absolute atomic E-state index is 12.3. The van der Waals surface area contributed by atoms with E-state index in [0.717, 1.165) is 48.5 Å². The largest absolute Gasteiger partial charge is 0.355 e. The molecule has 0 bridgehead atoms. The minimum absolute atomic E-state index is 0.0603. The Bertz CT molecular complexity index is 1040. The van der Waals surface area contributed by atoms with E-state index in [1.165, 1.54) is 36.7 Å². The zero-order valence-corrected chi connectivity index (χ0v) is 19.9. The third kappa shape index (κ3) is 5.81. The lowest BCUT2D eigenvalue weighted by Gasteiger charge is -2.31. The molecule has 0 atom stereocenters. The zero-order valence-electron chi connectivity index (χ0n) is 18.2. The van der Waals surface area contributed by atoms with E-state index < -0.39 is 10.0 Å². The number of nitrogens with one attached hydrogen (secondary N) is 1. The van der Waals surface area contributed by atoms with Crippen LogP contribution in [0.25, 0.3) is 0 Å². The molecule has 2 aromatic rings. The van der Waals surface area contributed by atoms with Crippen LogP contribution in [0.15, 0.2) is 34.3 Å². The monoisotopic (exact) mass is 478 g/mol. The van der Waals surface area contributed by atoms with Crippen LogP contribution in [0.3, 0.4) is 0 Å². The average molecular weight is 479 g/mol. The second-order valence-corrected chi connectivity index (χ2v) is 11.1. The second kappa shape index (κ2) is 9.80. The molecule has 0 unspecified atom stereocenters. The Morgan fingerprint density at radius 1 is 1.16 bits per heavy atom. The van der Waals surface area contributed by atoms with Gasteiger partial charge in [-0.3, -0.25) is 9.36 Å². The van der Waals surface area contributed by atoms with Gasteiger partial charge in [-0.05, 0) is 55.7 Å². The smallest absolute Gasteiger partial charge is 0.238 e. The normalized spacial score (nSPS) is 17.5. The summed E-state index contributed by atoms with van der Waals surface area (Å²) in [5, 5.41) is 17.7. The molecule has 11 heteroatoms. The first-order valence-electron chi connectivity index (χ1n) is 11.0. The number of carbonyl (C=O) groups is 1. The second-order valence-electron chi connectivity index (χ2n) is 8.63. The van der Waals surface area contributed by atoms with E-state index in [1.807, 2.05) is 0 Å². The first-order valence-corrected chi connectivity index (χ1v) is 13.6. The van der Waals surface area contributed by atoms with Gasteiger partial charge in [0.1, 0.15) is 0 Å². The molecule has 1 saturated heterocycles. The first-order chi connectivity index (χ1) is 15.3. The third-order valence-electron chi connectivity index (χ3n) is 5.95. The molecule has 1 saturated carbocycles. The van der Waals surface area contributed by atoms with Crippen LogP contribution >= 0.6 is 11.8 Å². The van der Waals surface area contributed by atoms with Crippen LogP contribution in [0.1, 0.15) is 44.2 Å². The third-order valence-corrected chi connectivity index (χ3v) is 7.82. The zero-order chi connectivity index (χ0) is 22.7. The molecule has 1 aliphatic carbocycles. The number of benzene rings is 1. The van der Waals surface area contributed by atoms with Gasteiger partial charge in [0.25, 0.3) is 0 Å². The number of thioether (sulfide) groups is 1. The molecule has 2 aliphatic rings. The molecule has 174 valence electrons. The van der Waals surface area contributed by atoms with Gasteiger partial charge < -0.3 is 10.2 Å². The molecular formula is C21H30N6O3S2. The van der Waals surface area contributed by atoms with Gasteiger partial charge in [0.15, 0.2) is 5.16 Å². The lowest BCUT2D eigenvalue weighted by molar-refractivity contribution is -0.118. The maximum Gasteiger partial charge on any atom is 0.238 e. The summed E-state index contributed by atoms with van der Waals surface area (Å²) in [7, 11) is -3.69. The lowest BCUT2D eigenvalue weighted by Crippen LogP contribution is -2.34. The average Bonchev–Trinajstić information content (AvgIpc) is 3.51. The summed E-state index contributed by atoms with van der Waals surface area (Å²) < 4.78 is 24.9. The summed E-state index contributed by atoms with van der Waals surface area (Å²) in [6, 6.07) is 6.83. The van der Waals surface area contributed by atoms with Crippen LogP contribution in [0.2, 0.25) is 0 Å². The fourth-order valence-corrected chi connectivity index (χ4v) is 5.16. The number of anilines is 1. The van der Waals surface area contributed by atoms with E-state index in [0.29, 0.717) is 19.0 Å². The quantitative estimate of drug-likeness (QED) is 0.528. The molecule has 4 rings (SSSR count). The number of primary sulfonamides is 1. The van der Waals surface area contributed by atoms with Gasteiger partial charge in [-0.25, -0.2) is 13.6 Å². The number of carbonyl (C=O) groups excluding carboxylic acids is 1. The number of hydrogen-bond donors (Lipinski definition) is 2. The van der Waals surface area contributed by atoms with Crippen LogP contribution in [0, 0.1) is 5.92 Å². The van der Waals surface area contributed by atoms with Crippen molar-refractivity contribution < 1.29 is 13.2 Å². The number of aromatic nitrogens is 3.